The molecule has 0 fully saturated rings. The average Bonchev–Trinajstić information content (AvgIpc) is 3.03. The summed E-state index contributed by atoms with van der Waals surface area (Å²) in [5.41, 5.74) is 5.61. The predicted octanol–water partition coefficient (Wildman–Crippen LogP) is 4.16. The molecule has 0 aliphatic rings. The highest BCUT2D eigenvalue weighted by atomic mass is 16.5. The first-order valence-corrected chi connectivity index (χ1v) is 10.2. The van der Waals surface area contributed by atoms with Crippen LogP contribution in [0.2, 0.25) is 0 Å². The number of carbonyl (C=O) groups is 1. The van der Waals surface area contributed by atoms with Crippen molar-refractivity contribution in [2.24, 2.45) is 0 Å². The van der Waals surface area contributed by atoms with Crippen molar-refractivity contribution in [1.29, 1.82) is 0 Å². The topological polar surface area (TPSA) is 69.9 Å². The number of pyridine rings is 1. The normalized spacial score (nSPS) is 12.4. The molecule has 0 bridgehead atoms. The number of imidazole rings is 1. The number of hydrogen-bond acceptors (Lipinski definition) is 4. The molecule has 0 saturated heterocycles. The van der Waals surface area contributed by atoms with Gasteiger partial charge in [0, 0.05) is 24.2 Å². The van der Waals surface area contributed by atoms with E-state index in [0.29, 0.717) is 0 Å². The molecule has 0 aromatic carbocycles. The van der Waals surface area contributed by atoms with Crippen LogP contribution in [0.5, 0.6) is 0 Å². The van der Waals surface area contributed by atoms with Crippen LogP contribution in [-0.4, -0.2) is 38.5 Å². The molecule has 154 valence electrons. The van der Waals surface area contributed by atoms with E-state index in [2.05, 4.69) is 43.9 Å². The van der Waals surface area contributed by atoms with E-state index in [9.17, 15) is 4.79 Å². The van der Waals surface area contributed by atoms with E-state index >= 15 is 0 Å². The zero-order chi connectivity index (χ0) is 20.7. The Labute approximate surface area is 168 Å². The molecule has 0 unspecified atom stereocenters. The first kappa shape index (κ1) is 22.1. The van der Waals surface area contributed by atoms with Gasteiger partial charge in [0.2, 0.25) is 0 Å². The molecule has 0 saturated carbocycles. The Morgan fingerprint density at radius 3 is 2.68 bits per heavy atom. The van der Waals surface area contributed by atoms with E-state index < -0.39 is 5.91 Å². The third-order valence-electron chi connectivity index (χ3n) is 4.90. The van der Waals surface area contributed by atoms with E-state index in [1.54, 1.807) is 11.6 Å². The zero-order valence-electron chi connectivity index (χ0n) is 17.8. The van der Waals surface area contributed by atoms with Crippen LogP contribution in [-0.2, 0) is 16.8 Å². The lowest BCUT2D eigenvalue weighted by atomic mass is 9.90. The van der Waals surface area contributed by atoms with Crippen LogP contribution >= 0.6 is 0 Å². The van der Waals surface area contributed by atoms with Crippen LogP contribution in [0, 0.1) is 0 Å². The minimum absolute atomic E-state index is 0.0586. The van der Waals surface area contributed by atoms with Gasteiger partial charge in [-0.25, -0.2) is 10.5 Å². The molecule has 28 heavy (non-hydrogen) atoms. The molecule has 2 aromatic rings. The fraction of sp³-hybridized carbons (Fsp3) is 0.545. The van der Waals surface area contributed by atoms with Crippen molar-refractivity contribution < 1.29 is 10.0 Å². The maximum Gasteiger partial charge on any atom is 0.267 e. The fourth-order valence-electron chi connectivity index (χ4n) is 3.32. The summed E-state index contributed by atoms with van der Waals surface area (Å²) in [6.45, 7) is 14.0. The lowest BCUT2D eigenvalue weighted by Crippen LogP contribution is -2.27. The highest BCUT2D eigenvalue weighted by molar-refractivity contribution is 5.90. The van der Waals surface area contributed by atoms with Gasteiger partial charge in [-0.1, -0.05) is 47.5 Å². The van der Waals surface area contributed by atoms with Crippen LogP contribution in [0.3, 0.4) is 0 Å². The molecule has 2 N–H and O–H groups in total. The molecule has 2 rings (SSSR count). The van der Waals surface area contributed by atoms with Crippen LogP contribution in [0.4, 0.5) is 0 Å². The van der Waals surface area contributed by atoms with Crippen LogP contribution in [0.1, 0.15) is 70.8 Å². The van der Waals surface area contributed by atoms with Gasteiger partial charge < -0.3 is 4.40 Å². The number of nitrogens with one attached hydrogen (secondary N) is 1. The molecule has 0 aliphatic heterocycles. The summed E-state index contributed by atoms with van der Waals surface area (Å²) in [5, 5.41) is 8.63. The van der Waals surface area contributed by atoms with Gasteiger partial charge in [-0.15, -0.1) is 0 Å². The minimum Gasteiger partial charge on any atom is -0.302 e. The standard InChI is InChI=1S/C22H34N4O2/c1-6-8-9-13-25(7-2)16-18-21(22(3,4)5)23-19-15-17(12-14-26(18)19)10-11-20(27)24-28/h10-12,14-15,28H,6-9,13,16H2,1-5H3,(H,24,27)/b11-10+. The van der Waals surface area contributed by atoms with Crippen molar-refractivity contribution in [2.75, 3.05) is 13.1 Å². The number of fused-ring (bicyclic) bond motifs is 1. The highest BCUT2D eigenvalue weighted by Gasteiger charge is 2.24. The molecular weight excluding hydrogens is 352 g/mol. The quantitative estimate of drug-likeness (QED) is 0.294. The number of amides is 1. The summed E-state index contributed by atoms with van der Waals surface area (Å²) in [6, 6.07) is 3.92. The Morgan fingerprint density at radius 1 is 1.32 bits per heavy atom. The van der Waals surface area contributed by atoms with Gasteiger partial charge in [-0.05, 0) is 43.3 Å². The molecule has 1 amide bonds. The second kappa shape index (κ2) is 9.85. The number of hydroxylamine groups is 1. The Hall–Kier alpha value is -2.18. The van der Waals surface area contributed by atoms with Gasteiger partial charge in [0.05, 0.1) is 11.4 Å². The number of unbranched alkanes of at least 4 members (excludes halogenated alkanes) is 2. The molecule has 0 spiro atoms. The lowest BCUT2D eigenvalue weighted by molar-refractivity contribution is -0.124. The van der Waals surface area contributed by atoms with Gasteiger partial charge in [0.25, 0.3) is 5.91 Å². The van der Waals surface area contributed by atoms with E-state index in [0.717, 1.165) is 36.5 Å². The molecule has 2 aromatic heterocycles. The molecule has 0 atom stereocenters. The smallest absolute Gasteiger partial charge is 0.267 e. The molecule has 6 heteroatoms. The largest absolute Gasteiger partial charge is 0.302 e. The summed E-state index contributed by atoms with van der Waals surface area (Å²) in [7, 11) is 0. The van der Waals surface area contributed by atoms with Crippen molar-refractivity contribution in [3.8, 4) is 0 Å². The Morgan fingerprint density at radius 2 is 2.07 bits per heavy atom. The number of aromatic nitrogens is 2. The number of rotatable bonds is 9. The first-order valence-electron chi connectivity index (χ1n) is 10.2. The van der Waals surface area contributed by atoms with E-state index in [1.165, 1.54) is 31.0 Å². The van der Waals surface area contributed by atoms with Crippen molar-refractivity contribution in [3.63, 3.8) is 0 Å². The van der Waals surface area contributed by atoms with Gasteiger partial charge in [0.15, 0.2) is 0 Å². The Bertz CT molecular complexity index is 818. The Kier molecular flexibility index (Phi) is 7.78. The molecular formula is C22H34N4O2. The average molecular weight is 387 g/mol. The van der Waals surface area contributed by atoms with Crippen molar-refractivity contribution in [3.05, 3.63) is 41.4 Å². The summed E-state index contributed by atoms with van der Waals surface area (Å²) < 4.78 is 2.16. The van der Waals surface area contributed by atoms with Crippen LogP contribution in [0.25, 0.3) is 11.7 Å². The highest BCUT2D eigenvalue weighted by Crippen LogP contribution is 2.28. The van der Waals surface area contributed by atoms with E-state index in [1.807, 2.05) is 18.3 Å². The van der Waals surface area contributed by atoms with Crippen molar-refractivity contribution in [2.45, 2.75) is 65.8 Å². The molecule has 0 aliphatic carbocycles. The second-order valence-electron chi connectivity index (χ2n) is 8.23. The number of nitrogens with zero attached hydrogens (tertiary/aromatic N) is 3. The van der Waals surface area contributed by atoms with E-state index in [-0.39, 0.29) is 5.41 Å². The van der Waals surface area contributed by atoms with Gasteiger partial charge >= 0.3 is 0 Å². The zero-order valence-corrected chi connectivity index (χ0v) is 17.8. The lowest BCUT2D eigenvalue weighted by Gasteiger charge is -2.24. The maximum atomic E-state index is 11.2. The summed E-state index contributed by atoms with van der Waals surface area (Å²) in [4.78, 5) is 18.6. The third-order valence-corrected chi connectivity index (χ3v) is 4.90. The Balaban J connectivity index is 2.39. The van der Waals surface area contributed by atoms with Gasteiger partial charge in [-0.3, -0.25) is 14.9 Å². The maximum absolute atomic E-state index is 11.2. The predicted molar refractivity (Wildman–Crippen MR) is 113 cm³/mol. The van der Waals surface area contributed by atoms with Gasteiger partial charge in [-0.2, -0.15) is 0 Å². The summed E-state index contributed by atoms with van der Waals surface area (Å²) in [6.07, 6.45) is 8.68. The number of carbonyl (C=O) groups excluding carboxylic acids is 1. The fourth-order valence-corrected chi connectivity index (χ4v) is 3.32. The first-order chi connectivity index (χ1) is 13.3. The molecule has 0 radical (unpaired) electrons. The SMILES string of the molecule is CCCCCN(CC)Cc1c(C(C)(C)C)nc2cc(/C=C/C(=O)NO)ccn12. The number of hydrogen-bond donors (Lipinski definition) is 2. The van der Waals surface area contributed by atoms with Crippen molar-refractivity contribution >= 4 is 17.6 Å². The second-order valence-corrected chi connectivity index (χ2v) is 8.23. The summed E-state index contributed by atoms with van der Waals surface area (Å²) >= 11 is 0. The minimum atomic E-state index is -0.551. The monoisotopic (exact) mass is 386 g/mol. The molecule has 2 heterocycles. The van der Waals surface area contributed by atoms with Crippen molar-refractivity contribution in [1.82, 2.24) is 19.8 Å². The van der Waals surface area contributed by atoms with Crippen LogP contribution < -0.4 is 5.48 Å². The van der Waals surface area contributed by atoms with Gasteiger partial charge in [0.1, 0.15) is 5.65 Å². The molecule has 6 nitrogen and oxygen atoms in total. The third kappa shape index (κ3) is 5.66. The van der Waals surface area contributed by atoms with E-state index in [4.69, 9.17) is 10.2 Å². The summed E-state index contributed by atoms with van der Waals surface area (Å²) in [5.74, 6) is -0.551. The van der Waals surface area contributed by atoms with Crippen LogP contribution in [0.15, 0.2) is 24.4 Å².